The molecule has 9 heteroatoms. The van der Waals surface area contributed by atoms with E-state index in [-0.39, 0.29) is 12.5 Å². The molecule has 5 rings (SSSR count). The van der Waals surface area contributed by atoms with Crippen molar-refractivity contribution in [2.45, 2.75) is 25.8 Å². The number of aryl methyl sites for hydroxylation is 1. The summed E-state index contributed by atoms with van der Waals surface area (Å²) in [6, 6.07) is 4.37. The van der Waals surface area contributed by atoms with Gasteiger partial charge in [-0.2, -0.15) is 5.10 Å². The Balaban J connectivity index is 1.27. The summed E-state index contributed by atoms with van der Waals surface area (Å²) in [4.78, 5) is 23.2. The summed E-state index contributed by atoms with van der Waals surface area (Å²) in [5.74, 6) is 0.791. The van der Waals surface area contributed by atoms with Gasteiger partial charge in [0, 0.05) is 24.5 Å². The van der Waals surface area contributed by atoms with Crippen LogP contribution in [0.3, 0.4) is 0 Å². The molecule has 1 saturated heterocycles. The molecule has 0 unspecified atom stereocenters. The van der Waals surface area contributed by atoms with Gasteiger partial charge in [0.15, 0.2) is 6.61 Å². The second kappa shape index (κ2) is 7.14. The van der Waals surface area contributed by atoms with Gasteiger partial charge in [0.2, 0.25) is 0 Å². The molecular weight excluding hydrogens is 394 g/mol. The Morgan fingerprint density at radius 1 is 1.36 bits per heavy atom. The fraction of sp³-hybridized carbons (Fsp3) is 0.368. The topological polar surface area (TPSA) is 73.1 Å². The number of thiazole rings is 1. The summed E-state index contributed by atoms with van der Waals surface area (Å²) in [6.07, 6.45) is 5.07. The predicted octanol–water partition coefficient (Wildman–Crippen LogP) is 3.65. The molecule has 1 fully saturated rings. The molecule has 28 heavy (non-hydrogen) atoms. The van der Waals surface area contributed by atoms with Gasteiger partial charge in [0.1, 0.15) is 18.4 Å². The minimum Gasteiger partial charge on any atom is -0.483 e. The van der Waals surface area contributed by atoms with Crippen LogP contribution in [0, 0.1) is 6.92 Å². The van der Waals surface area contributed by atoms with Gasteiger partial charge in [-0.05, 0) is 31.2 Å². The lowest BCUT2D eigenvalue weighted by Crippen LogP contribution is -2.41. The number of carbonyl (C=O) groups excluding carboxylic acids is 1. The summed E-state index contributed by atoms with van der Waals surface area (Å²) in [5.41, 5.74) is 1.03. The molecule has 0 saturated carbocycles. The number of likely N-dealkylation sites (tertiary alicyclic amines) is 1. The Kier molecular flexibility index (Phi) is 4.48. The Morgan fingerprint density at radius 2 is 2.21 bits per heavy atom. The Labute approximate surface area is 169 Å². The van der Waals surface area contributed by atoms with Crippen molar-refractivity contribution in [1.29, 1.82) is 0 Å². The standard InChI is InChI=1S/C19H19N5O2S2/c1-12-22-18-16(28-12)8-15(14-4-7-27-19(14)18)26-9-17(25)23-5-2-13(3-6-23)24-11-20-10-21-24/h4,7-8,10-11,13H,2-3,5-6,9H2,1H3. The molecule has 144 valence electrons. The number of ether oxygens (including phenoxy) is 1. The maximum Gasteiger partial charge on any atom is 0.260 e. The van der Waals surface area contributed by atoms with E-state index in [1.54, 1.807) is 35.3 Å². The maximum absolute atomic E-state index is 12.7. The summed E-state index contributed by atoms with van der Waals surface area (Å²) >= 11 is 3.31. The van der Waals surface area contributed by atoms with Crippen LogP contribution in [-0.4, -0.2) is 50.3 Å². The van der Waals surface area contributed by atoms with Crippen LogP contribution in [0.2, 0.25) is 0 Å². The van der Waals surface area contributed by atoms with E-state index in [0.29, 0.717) is 19.1 Å². The van der Waals surface area contributed by atoms with E-state index in [0.717, 1.165) is 43.9 Å². The molecule has 3 aromatic heterocycles. The van der Waals surface area contributed by atoms with Crippen LogP contribution in [0.25, 0.3) is 20.3 Å². The van der Waals surface area contributed by atoms with Gasteiger partial charge >= 0.3 is 0 Å². The second-order valence-electron chi connectivity index (χ2n) is 6.89. The Bertz CT molecular complexity index is 1130. The zero-order valence-corrected chi connectivity index (χ0v) is 17.0. The van der Waals surface area contributed by atoms with E-state index in [4.69, 9.17) is 4.74 Å². The van der Waals surface area contributed by atoms with Crippen molar-refractivity contribution in [2.24, 2.45) is 0 Å². The van der Waals surface area contributed by atoms with Crippen LogP contribution in [0.1, 0.15) is 23.9 Å². The molecule has 0 aliphatic carbocycles. The highest BCUT2D eigenvalue weighted by Crippen LogP contribution is 2.38. The van der Waals surface area contributed by atoms with Crippen molar-refractivity contribution in [3.05, 3.63) is 35.2 Å². The number of amides is 1. The van der Waals surface area contributed by atoms with E-state index < -0.39 is 0 Å². The van der Waals surface area contributed by atoms with Crippen molar-refractivity contribution < 1.29 is 9.53 Å². The number of rotatable bonds is 4. The van der Waals surface area contributed by atoms with Crippen LogP contribution in [0.5, 0.6) is 5.75 Å². The van der Waals surface area contributed by atoms with Gasteiger partial charge in [0.05, 0.1) is 26.0 Å². The minimum atomic E-state index is 0.0287. The van der Waals surface area contributed by atoms with Crippen LogP contribution in [0.4, 0.5) is 0 Å². The number of hydrogen-bond donors (Lipinski definition) is 0. The Hall–Kier alpha value is -2.52. The molecule has 1 aliphatic rings. The average Bonchev–Trinajstić information content (AvgIpc) is 3.45. The molecule has 0 spiro atoms. The van der Waals surface area contributed by atoms with E-state index in [1.165, 1.54) is 0 Å². The normalized spacial score (nSPS) is 15.5. The van der Waals surface area contributed by atoms with Gasteiger partial charge < -0.3 is 9.64 Å². The van der Waals surface area contributed by atoms with Gasteiger partial charge in [-0.15, -0.1) is 22.7 Å². The summed E-state index contributed by atoms with van der Waals surface area (Å²) in [5, 5.41) is 8.32. The number of piperidine rings is 1. The fourth-order valence-corrected chi connectivity index (χ4v) is 5.56. The van der Waals surface area contributed by atoms with E-state index in [9.17, 15) is 4.79 Å². The van der Waals surface area contributed by atoms with Crippen LogP contribution in [0.15, 0.2) is 30.2 Å². The van der Waals surface area contributed by atoms with Crippen molar-refractivity contribution in [3.8, 4) is 5.75 Å². The van der Waals surface area contributed by atoms with Gasteiger partial charge in [-0.3, -0.25) is 4.79 Å². The highest BCUT2D eigenvalue weighted by Gasteiger charge is 2.24. The van der Waals surface area contributed by atoms with E-state index >= 15 is 0 Å². The molecule has 1 aliphatic heterocycles. The largest absolute Gasteiger partial charge is 0.483 e. The van der Waals surface area contributed by atoms with E-state index in [1.807, 2.05) is 34.0 Å². The fourth-order valence-electron chi connectivity index (χ4n) is 3.72. The first-order valence-electron chi connectivity index (χ1n) is 9.21. The quantitative estimate of drug-likeness (QED) is 0.511. The van der Waals surface area contributed by atoms with E-state index in [2.05, 4.69) is 15.1 Å². The highest BCUT2D eigenvalue weighted by atomic mass is 32.1. The third-order valence-corrected chi connectivity index (χ3v) is 6.99. The third kappa shape index (κ3) is 3.14. The number of thiophene rings is 1. The molecule has 1 amide bonds. The molecule has 0 N–H and O–H groups in total. The van der Waals surface area contributed by atoms with Gasteiger partial charge in [-0.1, -0.05) is 0 Å². The molecule has 0 atom stereocenters. The first-order valence-corrected chi connectivity index (χ1v) is 10.9. The minimum absolute atomic E-state index is 0.0287. The molecule has 4 heterocycles. The zero-order chi connectivity index (χ0) is 19.1. The number of fused-ring (bicyclic) bond motifs is 3. The van der Waals surface area contributed by atoms with Gasteiger partial charge in [-0.25, -0.2) is 14.6 Å². The lowest BCUT2D eigenvalue weighted by Gasteiger charge is -2.31. The van der Waals surface area contributed by atoms with Crippen LogP contribution >= 0.6 is 22.7 Å². The van der Waals surface area contributed by atoms with Crippen molar-refractivity contribution >= 4 is 48.9 Å². The number of nitrogens with zero attached hydrogens (tertiary/aromatic N) is 5. The monoisotopic (exact) mass is 413 g/mol. The summed E-state index contributed by atoms with van der Waals surface area (Å²) in [7, 11) is 0. The molecule has 0 bridgehead atoms. The average molecular weight is 414 g/mol. The highest BCUT2D eigenvalue weighted by molar-refractivity contribution is 7.21. The molecular formula is C19H19N5O2S2. The van der Waals surface area contributed by atoms with Crippen molar-refractivity contribution in [1.82, 2.24) is 24.6 Å². The molecule has 7 nitrogen and oxygen atoms in total. The zero-order valence-electron chi connectivity index (χ0n) is 15.4. The summed E-state index contributed by atoms with van der Waals surface area (Å²) in [6.45, 7) is 3.50. The molecule has 1 aromatic carbocycles. The number of hydrogen-bond acceptors (Lipinski definition) is 7. The predicted molar refractivity (Wildman–Crippen MR) is 110 cm³/mol. The lowest BCUT2D eigenvalue weighted by atomic mass is 10.1. The smallest absolute Gasteiger partial charge is 0.260 e. The number of benzene rings is 1. The maximum atomic E-state index is 12.7. The third-order valence-electron chi connectivity index (χ3n) is 5.15. The SMILES string of the molecule is Cc1nc2c(cc(OCC(=O)N3CCC(n4cncn4)CC3)c3ccsc32)s1. The first kappa shape index (κ1) is 17.6. The van der Waals surface area contributed by atoms with Crippen molar-refractivity contribution in [2.75, 3.05) is 19.7 Å². The number of aromatic nitrogens is 4. The number of carbonyl (C=O) groups is 1. The van der Waals surface area contributed by atoms with Gasteiger partial charge in [0.25, 0.3) is 5.91 Å². The van der Waals surface area contributed by atoms with Crippen LogP contribution < -0.4 is 4.74 Å². The van der Waals surface area contributed by atoms with Crippen LogP contribution in [-0.2, 0) is 4.79 Å². The summed E-state index contributed by atoms with van der Waals surface area (Å²) < 4.78 is 10.1. The first-order chi connectivity index (χ1) is 13.7. The lowest BCUT2D eigenvalue weighted by molar-refractivity contribution is -0.134. The Morgan fingerprint density at radius 3 is 3.00 bits per heavy atom. The second-order valence-corrected chi connectivity index (χ2v) is 9.04. The van der Waals surface area contributed by atoms with Crippen molar-refractivity contribution in [3.63, 3.8) is 0 Å². The molecule has 4 aromatic rings. The molecule has 0 radical (unpaired) electrons.